The number of halogens is 1. The Labute approximate surface area is 122 Å². The van der Waals surface area contributed by atoms with Crippen LogP contribution in [0.4, 0.5) is 4.39 Å². The van der Waals surface area contributed by atoms with E-state index in [0.29, 0.717) is 12.8 Å². The third kappa shape index (κ3) is 2.20. The van der Waals surface area contributed by atoms with Gasteiger partial charge in [-0.1, -0.05) is 12.1 Å². The van der Waals surface area contributed by atoms with Gasteiger partial charge in [0.25, 0.3) is 0 Å². The third-order valence-corrected chi connectivity index (χ3v) is 4.90. The number of methoxy groups -OCH3 is 1. The van der Waals surface area contributed by atoms with Crippen molar-refractivity contribution in [3.63, 3.8) is 0 Å². The molecule has 3 rings (SSSR count). The Kier molecular flexibility index (Phi) is 3.43. The largest absolute Gasteiger partial charge is 0.469 e. The Bertz CT molecular complexity index is 571. The highest BCUT2D eigenvalue weighted by Gasteiger charge is 2.53. The zero-order valence-electron chi connectivity index (χ0n) is 12.1. The topological polar surface area (TPSA) is 46.6 Å². The Hall–Kier alpha value is -1.91. The van der Waals surface area contributed by atoms with Crippen molar-refractivity contribution in [1.29, 1.82) is 0 Å². The standard InChI is InChI=1S/C16H18FNO3/c1-18-11-7-12(9-3-5-10(17)6-4-9)14(16(20)21-2)13(8-11)15(18)19/h3-6,11-14H,7-8H2,1-2H3. The summed E-state index contributed by atoms with van der Waals surface area (Å²) in [7, 11) is 3.13. The zero-order chi connectivity index (χ0) is 15.1. The van der Waals surface area contributed by atoms with Crippen LogP contribution < -0.4 is 0 Å². The highest BCUT2D eigenvalue weighted by molar-refractivity contribution is 5.88. The summed E-state index contributed by atoms with van der Waals surface area (Å²) < 4.78 is 18.0. The lowest BCUT2D eigenvalue weighted by Gasteiger charge is -2.33. The Morgan fingerprint density at radius 3 is 2.48 bits per heavy atom. The molecule has 1 aliphatic heterocycles. The van der Waals surface area contributed by atoms with E-state index in [9.17, 15) is 14.0 Å². The molecule has 1 aromatic rings. The summed E-state index contributed by atoms with van der Waals surface area (Å²) >= 11 is 0. The third-order valence-electron chi connectivity index (χ3n) is 4.90. The molecule has 2 fully saturated rings. The van der Waals surface area contributed by atoms with Crippen molar-refractivity contribution in [1.82, 2.24) is 4.90 Å². The van der Waals surface area contributed by atoms with Gasteiger partial charge in [-0.3, -0.25) is 9.59 Å². The van der Waals surface area contributed by atoms with Gasteiger partial charge < -0.3 is 9.64 Å². The molecule has 2 aliphatic rings. The van der Waals surface area contributed by atoms with Crippen LogP contribution >= 0.6 is 0 Å². The monoisotopic (exact) mass is 291 g/mol. The second-order valence-corrected chi connectivity index (χ2v) is 5.89. The molecular weight excluding hydrogens is 273 g/mol. The van der Waals surface area contributed by atoms with Gasteiger partial charge in [0.2, 0.25) is 5.91 Å². The number of esters is 1. The minimum atomic E-state index is -0.478. The molecule has 4 unspecified atom stereocenters. The van der Waals surface area contributed by atoms with E-state index in [1.54, 1.807) is 24.1 Å². The van der Waals surface area contributed by atoms with E-state index in [2.05, 4.69) is 0 Å². The van der Waals surface area contributed by atoms with E-state index in [0.717, 1.165) is 5.56 Å². The molecule has 1 aromatic carbocycles. The number of rotatable bonds is 2. The fraction of sp³-hybridized carbons (Fsp3) is 0.500. The number of ether oxygens (including phenoxy) is 1. The Balaban J connectivity index is 1.99. The lowest BCUT2D eigenvalue weighted by Crippen LogP contribution is -2.36. The Morgan fingerprint density at radius 2 is 1.86 bits per heavy atom. The average Bonchev–Trinajstić information content (AvgIpc) is 2.72. The van der Waals surface area contributed by atoms with Gasteiger partial charge in [-0.15, -0.1) is 0 Å². The van der Waals surface area contributed by atoms with Gasteiger partial charge in [0, 0.05) is 13.1 Å². The smallest absolute Gasteiger partial charge is 0.310 e. The van der Waals surface area contributed by atoms with Gasteiger partial charge in [0.05, 0.1) is 18.9 Å². The summed E-state index contributed by atoms with van der Waals surface area (Å²) in [6.07, 6.45) is 1.41. The maximum Gasteiger partial charge on any atom is 0.310 e. The summed E-state index contributed by atoms with van der Waals surface area (Å²) in [6.45, 7) is 0. The predicted octanol–water partition coefficient (Wildman–Crippen LogP) is 1.95. The zero-order valence-corrected chi connectivity index (χ0v) is 12.1. The van der Waals surface area contributed by atoms with Crippen molar-refractivity contribution in [2.24, 2.45) is 11.8 Å². The molecule has 0 spiro atoms. The van der Waals surface area contributed by atoms with Crippen LogP contribution in [0.15, 0.2) is 24.3 Å². The van der Waals surface area contributed by atoms with Crippen LogP contribution in [-0.4, -0.2) is 37.0 Å². The summed E-state index contributed by atoms with van der Waals surface area (Å²) in [5.74, 6) is -1.54. The first-order valence-corrected chi connectivity index (χ1v) is 7.13. The summed E-state index contributed by atoms with van der Waals surface area (Å²) in [4.78, 5) is 26.2. The van der Waals surface area contributed by atoms with Gasteiger partial charge in [-0.05, 0) is 36.5 Å². The van der Waals surface area contributed by atoms with Crippen LogP contribution in [-0.2, 0) is 14.3 Å². The van der Waals surface area contributed by atoms with E-state index in [-0.39, 0.29) is 35.6 Å². The molecule has 5 heteroatoms. The molecule has 1 saturated carbocycles. The number of hydrogen-bond acceptors (Lipinski definition) is 3. The summed E-state index contributed by atoms with van der Waals surface area (Å²) in [6, 6.07) is 6.34. The first-order chi connectivity index (χ1) is 10.0. The number of fused-ring (bicyclic) bond motifs is 2. The number of likely N-dealkylation sites (tertiary alicyclic amines) is 1. The molecule has 4 nitrogen and oxygen atoms in total. The van der Waals surface area contributed by atoms with Gasteiger partial charge in [0.1, 0.15) is 5.82 Å². The molecule has 0 radical (unpaired) electrons. The van der Waals surface area contributed by atoms with Gasteiger partial charge >= 0.3 is 5.97 Å². The second-order valence-electron chi connectivity index (χ2n) is 5.89. The van der Waals surface area contributed by atoms with Crippen molar-refractivity contribution in [2.45, 2.75) is 24.8 Å². The Morgan fingerprint density at radius 1 is 1.24 bits per heavy atom. The van der Waals surface area contributed by atoms with Gasteiger partial charge in [-0.2, -0.15) is 0 Å². The summed E-state index contributed by atoms with van der Waals surface area (Å²) in [5, 5.41) is 0. The maximum absolute atomic E-state index is 13.1. The average molecular weight is 291 g/mol. The van der Waals surface area contributed by atoms with E-state index >= 15 is 0 Å². The highest BCUT2D eigenvalue weighted by atomic mass is 19.1. The van der Waals surface area contributed by atoms with Crippen molar-refractivity contribution >= 4 is 11.9 Å². The van der Waals surface area contributed by atoms with Crippen LogP contribution in [0, 0.1) is 17.7 Å². The molecule has 1 amide bonds. The maximum atomic E-state index is 13.1. The van der Waals surface area contributed by atoms with Crippen LogP contribution in [0.2, 0.25) is 0 Å². The van der Waals surface area contributed by atoms with Crippen LogP contribution in [0.3, 0.4) is 0 Å². The molecule has 0 N–H and O–H groups in total. The fourth-order valence-electron chi connectivity index (χ4n) is 3.79. The normalized spacial score (nSPS) is 31.4. The molecule has 112 valence electrons. The minimum absolute atomic E-state index is 0.0139. The SMILES string of the molecule is COC(=O)C1C2CC(CC1c1ccc(F)cc1)N(C)C2=O. The van der Waals surface area contributed by atoms with E-state index in [4.69, 9.17) is 4.74 Å². The quantitative estimate of drug-likeness (QED) is 0.782. The molecule has 0 aromatic heterocycles. The number of benzene rings is 1. The van der Waals surface area contributed by atoms with Gasteiger partial charge in [0.15, 0.2) is 0 Å². The fourth-order valence-corrected chi connectivity index (χ4v) is 3.79. The lowest BCUT2D eigenvalue weighted by atomic mass is 9.69. The van der Waals surface area contributed by atoms with Crippen LogP contribution in [0.5, 0.6) is 0 Å². The number of carbonyl (C=O) groups excluding carboxylic acids is 2. The van der Waals surface area contributed by atoms with Crippen molar-refractivity contribution < 1.29 is 18.7 Å². The molecule has 1 saturated heterocycles. The van der Waals surface area contributed by atoms with Gasteiger partial charge in [-0.25, -0.2) is 4.39 Å². The predicted molar refractivity (Wildman–Crippen MR) is 73.9 cm³/mol. The van der Waals surface area contributed by atoms with Crippen molar-refractivity contribution in [2.75, 3.05) is 14.2 Å². The van der Waals surface area contributed by atoms with Crippen LogP contribution in [0.1, 0.15) is 24.3 Å². The first-order valence-electron chi connectivity index (χ1n) is 7.13. The molecule has 2 bridgehead atoms. The second kappa shape index (κ2) is 5.13. The number of nitrogens with zero attached hydrogens (tertiary/aromatic N) is 1. The van der Waals surface area contributed by atoms with E-state index in [1.807, 2.05) is 0 Å². The molecule has 4 atom stereocenters. The van der Waals surface area contributed by atoms with E-state index in [1.165, 1.54) is 19.2 Å². The van der Waals surface area contributed by atoms with Crippen LogP contribution in [0.25, 0.3) is 0 Å². The first kappa shape index (κ1) is 14.0. The van der Waals surface area contributed by atoms with Crippen molar-refractivity contribution in [3.05, 3.63) is 35.6 Å². The number of amides is 1. The molecule has 1 aliphatic carbocycles. The molecule has 21 heavy (non-hydrogen) atoms. The highest BCUT2D eigenvalue weighted by Crippen LogP contribution is 2.48. The lowest BCUT2D eigenvalue weighted by molar-refractivity contribution is -0.151. The summed E-state index contributed by atoms with van der Waals surface area (Å²) in [5.41, 5.74) is 0.893. The minimum Gasteiger partial charge on any atom is -0.469 e. The number of carbonyl (C=O) groups is 2. The molecular formula is C16H18FNO3. The van der Waals surface area contributed by atoms with Crippen molar-refractivity contribution in [3.8, 4) is 0 Å². The molecule has 1 heterocycles. The van der Waals surface area contributed by atoms with E-state index < -0.39 is 5.92 Å². The number of hydrogen-bond donors (Lipinski definition) is 0.